The summed E-state index contributed by atoms with van der Waals surface area (Å²) in [7, 11) is 0. The van der Waals surface area contributed by atoms with Gasteiger partial charge >= 0.3 is 5.97 Å². The lowest BCUT2D eigenvalue weighted by atomic mass is 9.51. The number of Topliss-reactive ketones (excluding diaryl/α,β-unsaturated/α-hetero) is 3. The Morgan fingerprint density at radius 1 is 1.11 bits per heavy atom. The van der Waals surface area contributed by atoms with E-state index in [-0.39, 0.29) is 29.1 Å². The molecule has 0 saturated heterocycles. The molecule has 0 radical (unpaired) electrons. The highest BCUT2D eigenvalue weighted by Gasteiger charge is 2.65. The van der Waals surface area contributed by atoms with Gasteiger partial charge in [-0.05, 0) is 29.7 Å². The van der Waals surface area contributed by atoms with Crippen LogP contribution in [0.2, 0.25) is 0 Å². The first-order chi connectivity index (χ1) is 16.5. The van der Waals surface area contributed by atoms with Gasteiger partial charge in [-0.15, -0.1) is 0 Å². The number of carbonyl (C=O) groups is 4. The Morgan fingerprint density at radius 2 is 1.72 bits per heavy atom. The molecule has 9 nitrogen and oxygen atoms in total. The van der Waals surface area contributed by atoms with Gasteiger partial charge in [0.05, 0.1) is 5.56 Å². The molecule has 3 aliphatic carbocycles. The Kier molecular flexibility index (Phi) is 5.71. The normalized spacial score (nSPS) is 30.1. The smallest absolute Gasteiger partial charge is 0.342 e. The molecule has 0 heterocycles. The molecule has 0 aliphatic heterocycles. The molecule has 5 N–H and O–H groups in total. The van der Waals surface area contributed by atoms with Gasteiger partial charge in [0.25, 0.3) is 0 Å². The number of aliphatic hydroxyl groups is 3. The number of carboxylic acids is 1. The minimum absolute atomic E-state index is 0.0203. The zero-order valence-corrected chi connectivity index (χ0v) is 20.7. The van der Waals surface area contributed by atoms with Gasteiger partial charge in [0.1, 0.15) is 22.9 Å². The first-order valence-corrected chi connectivity index (χ1v) is 11.8. The summed E-state index contributed by atoms with van der Waals surface area (Å²) >= 11 is 0. The van der Waals surface area contributed by atoms with Gasteiger partial charge in [-0.25, -0.2) is 4.79 Å². The molecule has 1 saturated carbocycles. The zero-order valence-electron chi connectivity index (χ0n) is 20.7. The molecule has 36 heavy (non-hydrogen) atoms. The van der Waals surface area contributed by atoms with Crippen molar-refractivity contribution in [2.24, 2.45) is 17.8 Å². The topological polar surface area (TPSA) is 169 Å². The Labute approximate surface area is 207 Å². The van der Waals surface area contributed by atoms with Gasteiger partial charge in [0.15, 0.2) is 17.1 Å². The molecule has 1 aromatic rings. The van der Waals surface area contributed by atoms with Crippen LogP contribution in [-0.2, 0) is 24.6 Å². The quantitative estimate of drug-likeness (QED) is 0.393. The molecular weight excluding hydrogens is 468 g/mol. The van der Waals surface area contributed by atoms with E-state index in [1.165, 1.54) is 6.92 Å². The molecule has 0 aromatic heterocycles. The summed E-state index contributed by atoms with van der Waals surface area (Å²) in [6.45, 7) is 8.67. The number of carboxylic acid groups (broad SMARTS) is 1. The summed E-state index contributed by atoms with van der Waals surface area (Å²) in [6, 6.07) is 3.48. The van der Waals surface area contributed by atoms with Crippen molar-refractivity contribution < 1.29 is 44.7 Å². The molecule has 0 amide bonds. The third-order valence-corrected chi connectivity index (χ3v) is 8.00. The van der Waals surface area contributed by atoms with E-state index in [2.05, 4.69) is 0 Å². The second-order valence-electron chi connectivity index (χ2n) is 11.2. The molecule has 9 heteroatoms. The molecule has 0 bridgehead atoms. The van der Waals surface area contributed by atoms with E-state index in [1.54, 1.807) is 19.1 Å². The summed E-state index contributed by atoms with van der Waals surface area (Å²) in [5, 5.41) is 54.4. The summed E-state index contributed by atoms with van der Waals surface area (Å²) in [6.07, 6.45) is -0.749. The minimum atomic E-state index is -2.82. The third-order valence-electron chi connectivity index (χ3n) is 8.00. The fourth-order valence-corrected chi connectivity index (χ4v) is 6.38. The number of phenols is 1. The number of ketones is 3. The van der Waals surface area contributed by atoms with E-state index >= 15 is 0 Å². The average Bonchev–Trinajstić information content (AvgIpc) is 2.74. The number of hydrogen-bond acceptors (Lipinski definition) is 8. The predicted molar refractivity (Wildman–Crippen MR) is 127 cm³/mol. The maximum Gasteiger partial charge on any atom is 0.342 e. The van der Waals surface area contributed by atoms with Crippen molar-refractivity contribution >= 4 is 29.1 Å². The highest BCUT2D eigenvalue weighted by molar-refractivity contribution is 6.21. The van der Waals surface area contributed by atoms with Crippen molar-refractivity contribution in [3.63, 3.8) is 0 Å². The van der Waals surface area contributed by atoms with Crippen LogP contribution in [0.15, 0.2) is 29.0 Å². The summed E-state index contributed by atoms with van der Waals surface area (Å²) in [5.41, 5.74) is -3.66. The van der Waals surface area contributed by atoms with Crippen molar-refractivity contribution in [3.8, 4) is 5.75 Å². The van der Waals surface area contributed by atoms with E-state index in [0.717, 1.165) is 0 Å². The first-order valence-electron chi connectivity index (χ1n) is 11.8. The maximum absolute atomic E-state index is 13.9. The van der Waals surface area contributed by atoms with E-state index in [9.17, 15) is 44.7 Å². The fraction of sp³-hybridized carbons (Fsp3) is 0.481. The summed E-state index contributed by atoms with van der Waals surface area (Å²) < 4.78 is 0. The molecule has 3 aliphatic rings. The number of rotatable bonds is 3. The highest BCUT2D eigenvalue weighted by atomic mass is 16.4. The molecule has 0 unspecified atom stereocenters. The van der Waals surface area contributed by atoms with Gasteiger partial charge in [-0.3, -0.25) is 9.59 Å². The Bertz CT molecular complexity index is 1290. The average molecular weight is 499 g/mol. The van der Waals surface area contributed by atoms with Crippen molar-refractivity contribution in [2.45, 2.75) is 64.4 Å². The number of aromatic hydroxyl groups is 1. The van der Waals surface area contributed by atoms with E-state index in [0.29, 0.717) is 11.1 Å². The van der Waals surface area contributed by atoms with Gasteiger partial charge < -0.3 is 30.3 Å². The lowest BCUT2D eigenvalue weighted by Gasteiger charge is -2.52. The third kappa shape index (κ3) is 3.32. The number of fused-ring (bicyclic) bond motifs is 3. The Balaban J connectivity index is 2.07. The molecule has 1 aromatic carbocycles. The molecule has 0 spiro atoms. The van der Waals surface area contributed by atoms with Crippen LogP contribution < -0.4 is 0 Å². The van der Waals surface area contributed by atoms with Gasteiger partial charge in [0.2, 0.25) is 5.78 Å². The lowest BCUT2D eigenvalue weighted by Crippen LogP contribution is -2.62. The van der Waals surface area contributed by atoms with Crippen LogP contribution in [0.3, 0.4) is 0 Å². The summed E-state index contributed by atoms with van der Waals surface area (Å²) in [5.74, 6) is -9.82. The lowest BCUT2D eigenvalue weighted by molar-refractivity contribution is -0.156. The van der Waals surface area contributed by atoms with Crippen molar-refractivity contribution in [1.29, 1.82) is 0 Å². The second-order valence-corrected chi connectivity index (χ2v) is 11.2. The summed E-state index contributed by atoms with van der Waals surface area (Å²) in [4.78, 5) is 50.5. The number of hydrogen-bond donors (Lipinski definition) is 5. The van der Waals surface area contributed by atoms with Crippen LogP contribution in [0, 0.1) is 17.8 Å². The van der Waals surface area contributed by atoms with Crippen LogP contribution in [0.25, 0.3) is 5.76 Å². The van der Waals surface area contributed by atoms with Crippen LogP contribution in [0.5, 0.6) is 5.75 Å². The number of aliphatic hydroxyl groups excluding tert-OH is 2. The van der Waals surface area contributed by atoms with Crippen molar-refractivity contribution in [1.82, 2.24) is 0 Å². The van der Waals surface area contributed by atoms with E-state index < -0.39 is 75.7 Å². The molecular formula is C27H30O9. The van der Waals surface area contributed by atoms with Gasteiger partial charge in [-0.2, -0.15) is 0 Å². The highest BCUT2D eigenvalue weighted by Crippen LogP contribution is 2.59. The van der Waals surface area contributed by atoms with Gasteiger partial charge in [-0.1, -0.05) is 39.8 Å². The monoisotopic (exact) mass is 498 g/mol. The zero-order chi connectivity index (χ0) is 27.1. The second kappa shape index (κ2) is 8.03. The first kappa shape index (κ1) is 25.6. The minimum Gasteiger partial charge on any atom is -0.508 e. The van der Waals surface area contributed by atoms with Gasteiger partial charge in [0, 0.05) is 35.8 Å². The van der Waals surface area contributed by atoms with Crippen molar-refractivity contribution in [2.75, 3.05) is 0 Å². The van der Waals surface area contributed by atoms with E-state index in [4.69, 9.17) is 0 Å². The fourth-order valence-electron chi connectivity index (χ4n) is 6.38. The number of phenolic OH excluding ortho intramolecular Hbond substituents is 1. The predicted octanol–water partition coefficient (Wildman–Crippen LogP) is 3.09. The number of benzene rings is 1. The van der Waals surface area contributed by atoms with Crippen LogP contribution >= 0.6 is 0 Å². The largest absolute Gasteiger partial charge is 0.508 e. The van der Waals surface area contributed by atoms with Crippen LogP contribution in [0.4, 0.5) is 0 Å². The molecule has 192 valence electrons. The standard InChI is InChI=1S/C27H30O9/c1-10(28)8-13-15-9-16(29)19(25(34)35)23(32)27(15,36)24(33)20-17(13)11(2)12-6-7-14(26(3,4)5)21(30)18(12)22(20)31/h6-7,11,13,15,17,30-32,36H,8-9H2,1-5H3,(H,34,35)/t11-,13+,15+,17-,27+/m0/s1. The van der Waals surface area contributed by atoms with Crippen LogP contribution in [0.1, 0.15) is 70.1 Å². The Hall–Kier alpha value is -3.46. The SMILES string of the molecule is CC(=O)C[C@H]1[C@H]2C(=C(O)c3c(ccc(C(C)(C)C)c3O)[C@@H]2C)C(=O)[C@]2(O)C(O)=C(C(=O)O)C(=O)C[C@H]12. The maximum atomic E-state index is 13.9. The Morgan fingerprint density at radius 3 is 2.25 bits per heavy atom. The molecule has 4 rings (SSSR count). The number of carbonyl (C=O) groups excluding carboxylic acids is 3. The molecule has 1 fully saturated rings. The number of aliphatic carboxylic acids is 1. The molecule has 5 atom stereocenters. The van der Waals surface area contributed by atoms with Crippen LogP contribution in [-0.4, -0.2) is 54.5 Å². The van der Waals surface area contributed by atoms with Crippen molar-refractivity contribution in [3.05, 3.63) is 45.7 Å². The van der Waals surface area contributed by atoms with E-state index in [1.807, 2.05) is 20.8 Å².